The highest BCUT2D eigenvalue weighted by atomic mass is 16.6. The van der Waals surface area contributed by atoms with Crippen molar-refractivity contribution in [1.82, 2.24) is 0 Å². The summed E-state index contributed by atoms with van der Waals surface area (Å²) in [6.07, 6.45) is 6.64. The second kappa shape index (κ2) is 10.4. The molecule has 0 unspecified atom stereocenters. The minimum atomic E-state index is -0.236. The number of hydrogen-bond acceptors (Lipinski definition) is 2. The molecule has 0 heterocycles. The van der Waals surface area contributed by atoms with Crippen LogP contribution in [0.5, 0.6) is 0 Å². The van der Waals surface area contributed by atoms with E-state index in [2.05, 4.69) is 6.92 Å². The Balaban J connectivity index is 0. The molecule has 0 rings (SSSR count). The molecule has 0 fully saturated rings. The lowest BCUT2D eigenvalue weighted by Gasteiger charge is -1.96. The van der Waals surface area contributed by atoms with Crippen LogP contribution in [0.15, 0.2) is 0 Å². The van der Waals surface area contributed by atoms with E-state index in [9.17, 15) is 10.1 Å². The van der Waals surface area contributed by atoms with Crippen molar-refractivity contribution in [3.05, 3.63) is 10.1 Å². The molecule has 0 radical (unpaired) electrons. The molecule has 0 amide bonds. The monoisotopic (exact) mass is 175 g/mol. The van der Waals surface area contributed by atoms with Crippen molar-refractivity contribution in [2.45, 2.75) is 52.9 Å². The second-order valence-electron chi connectivity index (χ2n) is 2.82. The Morgan fingerprint density at radius 3 is 2.08 bits per heavy atom. The van der Waals surface area contributed by atoms with Gasteiger partial charge in [0.25, 0.3) is 0 Å². The number of nitro groups is 1. The SMILES string of the molecule is C.CCCCCCCC[N+](=O)[O-]. The fraction of sp³-hybridized carbons (Fsp3) is 1.00. The Morgan fingerprint density at radius 2 is 1.58 bits per heavy atom. The van der Waals surface area contributed by atoms with Crippen molar-refractivity contribution in [1.29, 1.82) is 0 Å². The van der Waals surface area contributed by atoms with Gasteiger partial charge in [0.1, 0.15) is 0 Å². The molecule has 0 aliphatic rings. The van der Waals surface area contributed by atoms with Crippen molar-refractivity contribution in [3.63, 3.8) is 0 Å². The van der Waals surface area contributed by atoms with Crippen LogP contribution in [0.1, 0.15) is 52.9 Å². The molecule has 0 atom stereocenters. The van der Waals surface area contributed by atoms with Gasteiger partial charge in [-0.05, 0) is 6.42 Å². The lowest BCUT2D eigenvalue weighted by atomic mass is 10.1. The zero-order chi connectivity index (χ0) is 8.53. The van der Waals surface area contributed by atoms with Crippen LogP contribution in [-0.4, -0.2) is 11.5 Å². The van der Waals surface area contributed by atoms with Gasteiger partial charge in [-0.1, -0.05) is 40.0 Å². The predicted octanol–water partition coefficient (Wildman–Crippen LogP) is 3.26. The van der Waals surface area contributed by atoms with Crippen LogP contribution in [0.25, 0.3) is 0 Å². The number of rotatable bonds is 7. The third-order valence-corrected chi connectivity index (χ3v) is 1.69. The van der Waals surface area contributed by atoms with Gasteiger partial charge in [-0.3, -0.25) is 10.1 Å². The summed E-state index contributed by atoms with van der Waals surface area (Å²) < 4.78 is 0. The molecule has 12 heavy (non-hydrogen) atoms. The van der Waals surface area contributed by atoms with Gasteiger partial charge in [-0.15, -0.1) is 0 Å². The normalized spacial score (nSPS) is 9.08. The summed E-state index contributed by atoms with van der Waals surface area (Å²) in [7, 11) is 0. The standard InChI is InChI=1S/C8H17NO2.CH4/c1-2-3-4-5-6-7-8-9(10)11;/h2-8H2,1H3;1H4. The van der Waals surface area contributed by atoms with E-state index in [4.69, 9.17) is 0 Å². The Labute approximate surface area is 75.3 Å². The average Bonchev–Trinajstić information content (AvgIpc) is 1.96. The lowest BCUT2D eigenvalue weighted by Crippen LogP contribution is -1.99. The summed E-state index contributed by atoms with van der Waals surface area (Å²) in [5.74, 6) is 0. The first kappa shape index (κ1) is 14.0. The quantitative estimate of drug-likeness (QED) is 0.338. The van der Waals surface area contributed by atoms with Crippen LogP contribution in [0.2, 0.25) is 0 Å². The Morgan fingerprint density at radius 1 is 1.08 bits per heavy atom. The maximum Gasteiger partial charge on any atom is 0.203 e. The van der Waals surface area contributed by atoms with Gasteiger partial charge in [0, 0.05) is 11.3 Å². The van der Waals surface area contributed by atoms with E-state index in [1.54, 1.807) is 0 Å². The largest absolute Gasteiger partial charge is 0.265 e. The van der Waals surface area contributed by atoms with E-state index in [-0.39, 0.29) is 18.9 Å². The fourth-order valence-corrected chi connectivity index (χ4v) is 1.02. The van der Waals surface area contributed by atoms with Gasteiger partial charge in [0.2, 0.25) is 6.54 Å². The maximum absolute atomic E-state index is 9.89. The van der Waals surface area contributed by atoms with Crippen molar-refractivity contribution < 1.29 is 4.92 Å². The summed E-state index contributed by atoms with van der Waals surface area (Å²) >= 11 is 0. The second-order valence-corrected chi connectivity index (χ2v) is 2.82. The van der Waals surface area contributed by atoms with Gasteiger partial charge in [-0.2, -0.15) is 0 Å². The first-order chi connectivity index (χ1) is 5.27. The first-order valence-electron chi connectivity index (χ1n) is 4.39. The highest BCUT2D eigenvalue weighted by Gasteiger charge is 1.95. The Bertz CT molecular complexity index is 105. The van der Waals surface area contributed by atoms with Crippen LogP contribution in [0, 0.1) is 10.1 Å². The number of nitrogens with zero attached hydrogens (tertiary/aromatic N) is 1. The molecule has 3 nitrogen and oxygen atoms in total. The number of hydrogen-bond donors (Lipinski definition) is 0. The van der Waals surface area contributed by atoms with Crippen molar-refractivity contribution in [2.75, 3.05) is 6.54 Å². The van der Waals surface area contributed by atoms with Gasteiger partial charge in [-0.25, -0.2) is 0 Å². The third-order valence-electron chi connectivity index (χ3n) is 1.69. The van der Waals surface area contributed by atoms with Gasteiger partial charge in [0.15, 0.2) is 0 Å². The average molecular weight is 175 g/mol. The van der Waals surface area contributed by atoms with E-state index in [0.29, 0.717) is 0 Å². The molecule has 0 N–H and O–H groups in total. The number of unbranched alkanes of at least 4 members (excludes halogenated alkanes) is 5. The summed E-state index contributed by atoms with van der Waals surface area (Å²) in [6, 6.07) is 0. The van der Waals surface area contributed by atoms with Gasteiger partial charge >= 0.3 is 0 Å². The molecule has 0 aromatic heterocycles. The zero-order valence-electron chi connectivity index (χ0n) is 7.21. The Hall–Kier alpha value is -0.600. The molecule has 0 saturated carbocycles. The minimum Gasteiger partial charge on any atom is -0.265 e. The van der Waals surface area contributed by atoms with E-state index in [1.165, 1.54) is 19.3 Å². The highest BCUT2D eigenvalue weighted by Crippen LogP contribution is 2.04. The summed E-state index contributed by atoms with van der Waals surface area (Å²) in [5.41, 5.74) is 0. The topological polar surface area (TPSA) is 43.1 Å². The lowest BCUT2D eigenvalue weighted by molar-refractivity contribution is -0.480. The zero-order valence-corrected chi connectivity index (χ0v) is 7.21. The smallest absolute Gasteiger partial charge is 0.203 e. The minimum absolute atomic E-state index is 0. The van der Waals surface area contributed by atoms with Gasteiger partial charge < -0.3 is 0 Å². The van der Waals surface area contributed by atoms with Crippen LogP contribution in [0.3, 0.4) is 0 Å². The molecule has 0 aromatic rings. The molecule has 0 saturated heterocycles. The molecule has 0 spiro atoms. The van der Waals surface area contributed by atoms with Crippen LogP contribution in [0.4, 0.5) is 0 Å². The highest BCUT2D eigenvalue weighted by molar-refractivity contribution is 4.42. The predicted molar refractivity (Wildman–Crippen MR) is 52.0 cm³/mol. The van der Waals surface area contributed by atoms with Crippen molar-refractivity contribution in [2.24, 2.45) is 0 Å². The Kier molecular flexibility index (Phi) is 12.1. The van der Waals surface area contributed by atoms with E-state index >= 15 is 0 Å². The third kappa shape index (κ3) is 12.1. The van der Waals surface area contributed by atoms with Gasteiger partial charge in [0.05, 0.1) is 0 Å². The molecule has 0 aliphatic heterocycles. The first-order valence-corrected chi connectivity index (χ1v) is 4.39. The van der Waals surface area contributed by atoms with E-state index < -0.39 is 0 Å². The molecule has 0 bridgehead atoms. The van der Waals surface area contributed by atoms with E-state index in [1.807, 2.05) is 0 Å². The van der Waals surface area contributed by atoms with Crippen LogP contribution >= 0.6 is 0 Å². The van der Waals surface area contributed by atoms with Crippen molar-refractivity contribution in [3.8, 4) is 0 Å². The molecule has 3 heteroatoms. The van der Waals surface area contributed by atoms with E-state index in [0.717, 1.165) is 19.3 Å². The molecular weight excluding hydrogens is 154 g/mol. The molecule has 74 valence electrons. The fourth-order valence-electron chi connectivity index (χ4n) is 1.02. The summed E-state index contributed by atoms with van der Waals surface area (Å²) in [4.78, 5) is 9.66. The molecule has 0 aromatic carbocycles. The van der Waals surface area contributed by atoms with Crippen LogP contribution in [-0.2, 0) is 0 Å². The summed E-state index contributed by atoms with van der Waals surface area (Å²) in [5, 5.41) is 9.89. The molecular formula is C9H21NO2. The van der Waals surface area contributed by atoms with Crippen LogP contribution < -0.4 is 0 Å². The maximum atomic E-state index is 9.89. The molecule has 0 aliphatic carbocycles. The van der Waals surface area contributed by atoms with Crippen molar-refractivity contribution >= 4 is 0 Å². The summed E-state index contributed by atoms with van der Waals surface area (Å²) in [6.45, 7) is 2.31.